The number of fused-ring (bicyclic) bond motifs is 1. The molecule has 2 aliphatic heterocycles. The lowest BCUT2D eigenvalue weighted by Gasteiger charge is -2.33. The molecule has 29 heavy (non-hydrogen) atoms. The predicted octanol–water partition coefficient (Wildman–Crippen LogP) is 2.39. The van der Waals surface area contributed by atoms with Crippen LogP contribution in [0.5, 0.6) is 0 Å². The summed E-state index contributed by atoms with van der Waals surface area (Å²) in [7, 11) is 0. The molecule has 0 bridgehead atoms. The van der Waals surface area contributed by atoms with Gasteiger partial charge in [0.15, 0.2) is 0 Å². The second-order valence-corrected chi connectivity index (χ2v) is 8.13. The van der Waals surface area contributed by atoms with Crippen molar-refractivity contribution in [3.63, 3.8) is 0 Å². The first-order valence-electron chi connectivity index (χ1n) is 10.6. The zero-order chi connectivity index (χ0) is 20.1. The van der Waals surface area contributed by atoms with Crippen molar-refractivity contribution in [3.05, 3.63) is 65.5 Å². The first-order valence-corrected chi connectivity index (χ1v) is 10.6. The van der Waals surface area contributed by atoms with Crippen LogP contribution in [0.15, 0.2) is 48.7 Å². The third-order valence-electron chi connectivity index (χ3n) is 5.98. The molecule has 3 heterocycles. The van der Waals surface area contributed by atoms with Crippen LogP contribution in [0.3, 0.4) is 0 Å². The average molecular weight is 395 g/mol. The molecule has 2 atom stereocenters. The first-order chi connectivity index (χ1) is 14.2. The number of hydrogen-bond donors (Lipinski definition) is 2. The normalized spacial score (nSPS) is 20.7. The molecule has 2 aliphatic rings. The van der Waals surface area contributed by atoms with Crippen molar-refractivity contribution in [2.75, 3.05) is 32.7 Å². The Morgan fingerprint density at radius 1 is 1.17 bits per heavy atom. The Balaban J connectivity index is 1.23. The van der Waals surface area contributed by atoms with Gasteiger partial charge in [-0.3, -0.25) is 9.88 Å². The van der Waals surface area contributed by atoms with Gasteiger partial charge in [0.2, 0.25) is 0 Å². The number of benzene rings is 1. The van der Waals surface area contributed by atoms with E-state index in [0.29, 0.717) is 13.1 Å². The van der Waals surface area contributed by atoms with Crippen LogP contribution < -0.4 is 5.32 Å². The summed E-state index contributed by atoms with van der Waals surface area (Å²) in [6.45, 7) is 4.10. The molecule has 154 valence electrons. The Kier molecular flexibility index (Phi) is 6.42. The lowest BCUT2D eigenvalue weighted by atomic mass is 9.94. The number of hydrogen-bond acceptors (Lipinski definition) is 4. The molecule has 6 nitrogen and oxygen atoms in total. The average Bonchev–Trinajstić information content (AvgIpc) is 2.78. The van der Waals surface area contributed by atoms with E-state index in [9.17, 15) is 9.90 Å². The number of aromatic nitrogens is 1. The van der Waals surface area contributed by atoms with Gasteiger partial charge in [-0.25, -0.2) is 4.79 Å². The predicted molar refractivity (Wildman–Crippen MR) is 113 cm³/mol. The fourth-order valence-electron chi connectivity index (χ4n) is 4.41. The molecule has 1 fully saturated rings. The number of rotatable bonds is 5. The summed E-state index contributed by atoms with van der Waals surface area (Å²) < 4.78 is 0. The summed E-state index contributed by atoms with van der Waals surface area (Å²) in [5.74, 6) is 0.286. The van der Waals surface area contributed by atoms with Crippen molar-refractivity contribution in [3.8, 4) is 0 Å². The SMILES string of the molecule is O=C(NC[C@H](O)CN1CCc2ccccc2C1)N1CCC[C@H](c2ccccn2)C1. The molecule has 0 unspecified atom stereocenters. The first kappa shape index (κ1) is 19.9. The van der Waals surface area contributed by atoms with Crippen molar-refractivity contribution in [2.24, 2.45) is 0 Å². The molecule has 6 heteroatoms. The molecule has 0 spiro atoms. The van der Waals surface area contributed by atoms with Crippen molar-refractivity contribution < 1.29 is 9.90 Å². The fourth-order valence-corrected chi connectivity index (χ4v) is 4.41. The van der Waals surface area contributed by atoms with Crippen LogP contribution >= 0.6 is 0 Å². The van der Waals surface area contributed by atoms with Gasteiger partial charge in [0.05, 0.1) is 6.10 Å². The van der Waals surface area contributed by atoms with Gasteiger partial charge in [-0.15, -0.1) is 0 Å². The molecule has 0 saturated carbocycles. The van der Waals surface area contributed by atoms with E-state index in [1.165, 1.54) is 11.1 Å². The minimum absolute atomic E-state index is 0.0892. The van der Waals surface area contributed by atoms with Crippen LogP contribution in [0.2, 0.25) is 0 Å². The van der Waals surface area contributed by atoms with Gasteiger partial charge in [0.25, 0.3) is 0 Å². The summed E-state index contributed by atoms with van der Waals surface area (Å²) in [6.07, 6.45) is 4.28. The van der Waals surface area contributed by atoms with Crippen LogP contribution in [-0.2, 0) is 13.0 Å². The number of aliphatic hydroxyl groups excluding tert-OH is 1. The van der Waals surface area contributed by atoms with Crippen molar-refractivity contribution in [1.82, 2.24) is 20.1 Å². The monoisotopic (exact) mass is 394 g/mol. The maximum absolute atomic E-state index is 12.6. The van der Waals surface area contributed by atoms with Gasteiger partial charge < -0.3 is 15.3 Å². The third kappa shape index (κ3) is 5.14. The molecule has 1 aromatic carbocycles. The number of carbonyl (C=O) groups is 1. The van der Waals surface area contributed by atoms with Gasteiger partial charge in [-0.1, -0.05) is 30.3 Å². The molecule has 4 rings (SSSR count). The van der Waals surface area contributed by atoms with Crippen molar-refractivity contribution >= 4 is 6.03 Å². The van der Waals surface area contributed by atoms with E-state index in [2.05, 4.69) is 39.5 Å². The Morgan fingerprint density at radius 3 is 2.83 bits per heavy atom. The molecule has 0 aliphatic carbocycles. The van der Waals surface area contributed by atoms with E-state index in [0.717, 1.165) is 44.6 Å². The van der Waals surface area contributed by atoms with Crippen molar-refractivity contribution in [2.45, 2.75) is 37.8 Å². The Bertz CT molecular complexity index is 814. The zero-order valence-corrected chi connectivity index (χ0v) is 16.8. The van der Waals surface area contributed by atoms with Crippen LogP contribution in [0, 0.1) is 0 Å². The molecule has 0 radical (unpaired) electrons. The number of amides is 2. The third-order valence-corrected chi connectivity index (χ3v) is 5.98. The summed E-state index contributed by atoms with van der Waals surface area (Å²) >= 11 is 0. The minimum atomic E-state index is -0.569. The number of urea groups is 1. The number of nitrogens with zero attached hydrogens (tertiary/aromatic N) is 3. The lowest BCUT2D eigenvalue weighted by Crippen LogP contribution is -2.48. The second-order valence-electron chi connectivity index (χ2n) is 8.13. The Morgan fingerprint density at radius 2 is 2.00 bits per heavy atom. The van der Waals surface area contributed by atoms with Gasteiger partial charge in [-0.2, -0.15) is 0 Å². The van der Waals surface area contributed by atoms with Crippen LogP contribution in [-0.4, -0.2) is 64.7 Å². The van der Waals surface area contributed by atoms with Gasteiger partial charge in [0, 0.05) is 57.1 Å². The number of nitrogens with one attached hydrogen (secondary N) is 1. The van der Waals surface area contributed by atoms with Crippen molar-refractivity contribution in [1.29, 1.82) is 0 Å². The summed E-state index contributed by atoms with van der Waals surface area (Å²) in [5.41, 5.74) is 3.79. The lowest BCUT2D eigenvalue weighted by molar-refractivity contribution is 0.102. The van der Waals surface area contributed by atoms with Crippen LogP contribution in [0.25, 0.3) is 0 Å². The quantitative estimate of drug-likeness (QED) is 0.817. The zero-order valence-electron chi connectivity index (χ0n) is 16.8. The molecular formula is C23H30N4O2. The number of carbonyl (C=O) groups excluding carboxylic acids is 1. The number of β-amino-alcohol motifs (C(OH)–C–C–N with tert-alkyl or cyclic N) is 1. The number of piperidine rings is 1. The highest BCUT2D eigenvalue weighted by Crippen LogP contribution is 2.25. The molecule has 2 amide bonds. The standard InChI is InChI=1S/C23H30N4O2/c28-21(17-26-13-10-18-6-1-2-7-19(18)15-26)14-25-23(29)27-12-5-8-20(16-27)22-9-3-4-11-24-22/h1-4,6-7,9,11,20-21,28H,5,8,10,12-17H2,(H,25,29)/t20-,21-/m0/s1. The second kappa shape index (κ2) is 9.37. The molecule has 2 N–H and O–H groups in total. The summed E-state index contributed by atoms with van der Waals surface area (Å²) in [4.78, 5) is 21.2. The number of likely N-dealkylation sites (tertiary alicyclic amines) is 1. The van der Waals surface area contributed by atoms with E-state index < -0.39 is 6.10 Å². The number of pyridine rings is 1. The highest BCUT2D eigenvalue weighted by Gasteiger charge is 2.26. The van der Waals surface area contributed by atoms with Crippen LogP contribution in [0.4, 0.5) is 4.79 Å². The maximum Gasteiger partial charge on any atom is 0.317 e. The van der Waals surface area contributed by atoms with Gasteiger partial charge >= 0.3 is 6.03 Å². The topological polar surface area (TPSA) is 68.7 Å². The van der Waals surface area contributed by atoms with Gasteiger partial charge in [-0.05, 0) is 42.5 Å². The largest absolute Gasteiger partial charge is 0.390 e. The molecular weight excluding hydrogens is 364 g/mol. The Labute approximate surface area is 172 Å². The maximum atomic E-state index is 12.6. The highest BCUT2D eigenvalue weighted by molar-refractivity contribution is 5.74. The van der Waals surface area contributed by atoms with Gasteiger partial charge in [0.1, 0.15) is 0 Å². The van der Waals surface area contributed by atoms with Crippen LogP contribution in [0.1, 0.15) is 35.6 Å². The van der Waals surface area contributed by atoms with E-state index in [1.807, 2.05) is 29.3 Å². The summed E-state index contributed by atoms with van der Waals surface area (Å²) in [5, 5.41) is 13.4. The minimum Gasteiger partial charge on any atom is -0.390 e. The molecule has 2 aromatic rings. The number of aliphatic hydroxyl groups is 1. The van der Waals surface area contributed by atoms with E-state index in [-0.39, 0.29) is 18.5 Å². The van der Waals surface area contributed by atoms with E-state index in [4.69, 9.17) is 0 Å². The fraction of sp³-hybridized carbons (Fsp3) is 0.478. The summed E-state index contributed by atoms with van der Waals surface area (Å²) in [6, 6.07) is 14.3. The van der Waals surface area contributed by atoms with E-state index >= 15 is 0 Å². The highest BCUT2D eigenvalue weighted by atomic mass is 16.3. The Hall–Kier alpha value is -2.44. The molecule has 1 saturated heterocycles. The smallest absolute Gasteiger partial charge is 0.317 e. The van der Waals surface area contributed by atoms with E-state index in [1.54, 1.807) is 0 Å². The molecule has 1 aromatic heterocycles.